The Labute approximate surface area is 182 Å². The highest BCUT2D eigenvalue weighted by Gasteiger charge is 2.13. The minimum absolute atomic E-state index is 0.0537. The second-order valence-corrected chi connectivity index (χ2v) is 7.32. The Kier molecular flexibility index (Phi) is 8.30. The summed E-state index contributed by atoms with van der Waals surface area (Å²) in [6.45, 7) is 8.04. The van der Waals surface area contributed by atoms with Gasteiger partial charge in [0.2, 0.25) is 5.91 Å². The van der Waals surface area contributed by atoms with Gasteiger partial charge >= 0.3 is 0 Å². The third-order valence-corrected chi connectivity index (χ3v) is 4.41. The van der Waals surface area contributed by atoms with Gasteiger partial charge in [-0.3, -0.25) is 9.59 Å². The van der Waals surface area contributed by atoms with Crippen LogP contribution in [0.4, 0.5) is 5.69 Å². The predicted octanol–water partition coefficient (Wildman–Crippen LogP) is 4.85. The van der Waals surface area contributed by atoms with Crippen molar-refractivity contribution < 1.29 is 19.1 Å². The summed E-state index contributed by atoms with van der Waals surface area (Å²) in [5.74, 6) is 0.438. The second kappa shape index (κ2) is 10.7. The molecule has 2 N–H and O–H groups in total. The number of halogens is 1. The maximum Gasteiger partial charge on any atom is 0.251 e. The van der Waals surface area contributed by atoms with E-state index in [1.54, 1.807) is 36.4 Å². The summed E-state index contributed by atoms with van der Waals surface area (Å²) in [6, 6.07) is 8.62. The molecule has 0 aliphatic carbocycles. The number of rotatable bonds is 8. The van der Waals surface area contributed by atoms with Crippen molar-refractivity contribution in [1.29, 1.82) is 0 Å². The van der Waals surface area contributed by atoms with Crippen molar-refractivity contribution in [2.75, 3.05) is 19.0 Å². The first-order valence-corrected chi connectivity index (χ1v) is 10.0. The first-order chi connectivity index (χ1) is 14.2. The van der Waals surface area contributed by atoms with Gasteiger partial charge < -0.3 is 20.1 Å². The van der Waals surface area contributed by atoms with Crippen molar-refractivity contribution in [3.63, 3.8) is 0 Å². The van der Waals surface area contributed by atoms with E-state index in [4.69, 9.17) is 21.1 Å². The van der Waals surface area contributed by atoms with E-state index < -0.39 is 0 Å². The lowest BCUT2D eigenvalue weighted by Crippen LogP contribution is -2.23. The Morgan fingerprint density at radius 2 is 1.93 bits per heavy atom. The van der Waals surface area contributed by atoms with E-state index in [0.29, 0.717) is 39.9 Å². The number of carbonyl (C=O) groups excluding carboxylic acids is 2. The third kappa shape index (κ3) is 6.26. The number of hydrogen-bond donors (Lipinski definition) is 2. The molecule has 0 fully saturated rings. The molecule has 6 nitrogen and oxygen atoms in total. The minimum atomic E-state index is -0.330. The Hall–Kier alpha value is -2.99. The monoisotopic (exact) mass is 430 g/mol. The van der Waals surface area contributed by atoms with Crippen molar-refractivity contribution in [2.45, 2.75) is 33.8 Å². The largest absolute Gasteiger partial charge is 0.493 e. The number of anilines is 1. The Bertz CT molecular complexity index is 954. The van der Waals surface area contributed by atoms with Crippen LogP contribution in [0.15, 0.2) is 36.4 Å². The zero-order chi connectivity index (χ0) is 22.3. The SMILES string of the molecule is CCNC(=O)c1ccc(C)c(NC(=O)/C=C/c2cc(Cl)c(OC(C)C)c(OC)c2)c1. The Morgan fingerprint density at radius 3 is 2.57 bits per heavy atom. The van der Waals surface area contributed by atoms with Crippen LogP contribution >= 0.6 is 11.6 Å². The van der Waals surface area contributed by atoms with Crippen LogP contribution in [0.1, 0.15) is 42.3 Å². The molecule has 0 bridgehead atoms. The van der Waals surface area contributed by atoms with Gasteiger partial charge in [0.1, 0.15) is 0 Å². The van der Waals surface area contributed by atoms with E-state index in [-0.39, 0.29) is 17.9 Å². The van der Waals surface area contributed by atoms with E-state index in [2.05, 4.69) is 10.6 Å². The number of amides is 2. The van der Waals surface area contributed by atoms with Crippen molar-refractivity contribution >= 4 is 35.2 Å². The van der Waals surface area contributed by atoms with Gasteiger partial charge in [-0.25, -0.2) is 0 Å². The molecule has 2 amide bonds. The highest BCUT2D eigenvalue weighted by molar-refractivity contribution is 6.32. The van der Waals surface area contributed by atoms with Crippen LogP contribution < -0.4 is 20.1 Å². The predicted molar refractivity (Wildman–Crippen MR) is 121 cm³/mol. The molecule has 0 atom stereocenters. The summed E-state index contributed by atoms with van der Waals surface area (Å²) in [7, 11) is 1.53. The zero-order valence-corrected chi connectivity index (χ0v) is 18.6. The maximum absolute atomic E-state index is 12.4. The summed E-state index contributed by atoms with van der Waals surface area (Å²) in [5, 5.41) is 5.94. The highest BCUT2D eigenvalue weighted by atomic mass is 35.5. The molecule has 0 aliphatic heterocycles. The van der Waals surface area contributed by atoms with Gasteiger partial charge in [0.25, 0.3) is 5.91 Å². The molecule has 2 aromatic rings. The van der Waals surface area contributed by atoms with Gasteiger partial charge in [0, 0.05) is 23.9 Å². The number of methoxy groups -OCH3 is 1. The van der Waals surface area contributed by atoms with Gasteiger partial charge in [-0.1, -0.05) is 17.7 Å². The molecule has 0 saturated carbocycles. The molecule has 7 heteroatoms. The summed E-state index contributed by atoms with van der Waals surface area (Å²) >= 11 is 6.32. The third-order valence-electron chi connectivity index (χ3n) is 4.13. The Balaban J connectivity index is 2.18. The van der Waals surface area contributed by atoms with Gasteiger partial charge in [-0.2, -0.15) is 0 Å². The molecule has 2 aromatic carbocycles. The molecule has 160 valence electrons. The van der Waals surface area contributed by atoms with E-state index in [9.17, 15) is 9.59 Å². The van der Waals surface area contributed by atoms with Crippen LogP contribution in [0.25, 0.3) is 6.08 Å². The normalized spacial score (nSPS) is 10.9. The van der Waals surface area contributed by atoms with Crippen LogP contribution in [-0.2, 0) is 4.79 Å². The molecule has 0 saturated heterocycles. The van der Waals surface area contributed by atoms with Gasteiger partial charge in [0.05, 0.1) is 18.2 Å². The summed E-state index contributed by atoms with van der Waals surface area (Å²) < 4.78 is 11.1. The fraction of sp³-hybridized carbons (Fsp3) is 0.304. The summed E-state index contributed by atoms with van der Waals surface area (Å²) in [6.07, 6.45) is 2.97. The summed E-state index contributed by atoms with van der Waals surface area (Å²) in [4.78, 5) is 24.4. The number of hydrogen-bond acceptors (Lipinski definition) is 4. The Morgan fingerprint density at radius 1 is 1.20 bits per heavy atom. The first kappa shape index (κ1) is 23.3. The van der Waals surface area contributed by atoms with Crippen molar-refractivity contribution in [3.8, 4) is 11.5 Å². The molecule has 0 aromatic heterocycles. The smallest absolute Gasteiger partial charge is 0.251 e. The van der Waals surface area contributed by atoms with E-state index in [1.807, 2.05) is 27.7 Å². The first-order valence-electron chi connectivity index (χ1n) is 9.67. The van der Waals surface area contributed by atoms with Gasteiger partial charge in [0.15, 0.2) is 11.5 Å². The molecule has 0 heterocycles. The molecular formula is C23H27ClN2O4. The standard InChI is InChI=1S/C23H27ClN2O4/c1-6-25-23(28)17-9-7-15(4)19(13-17)26-21(27)10-8-16-11-18(24)22(30-14(2)3)20(12-16)29-5/h7-14H,6H2,1-5H3,(H,25,28)(H,26,27)/b10-8+. The average molecular weight is 431 g/mol. The number of ether oxygens (including phenoxy) is 2. The minimum Gasteiger partial charge on any atom is -0.493 e. The number of aryl methyl sites for hydroxylation is 1. The van der Waals surface area contributed by atoms with Crippen molar-refractivity contribution in [2.24, 2.45) is 0 Å². The number of benzene rings is 2. The maximum atomic E-state index is 12.4. The van der Waals surface area contributed by atoms with Gasteiger partial charge in [-0.05, 0) is 69.2 Å². The molecular weight excluding hydrogens is 404 g/mol. The second-order valence-electron chi connectivity index (χ2n) is 6.91. The van der Waals surface area contributed by atoms with Crippen LogP contribution in [-0.4, -0.2) is 31.6 Å². The summed E-state index contributed by atoms with van der Waals surface area (Å²) in [5.41, 5.74) is 2.60. The molecule has 30 heavy (non-hydrogen) atoms. The lowest BCUT2D eigenvalue weighted by molar-refractivity contribution is -0.111. The zero-order valence-electron chi connectivity index (χ0n) is 17.8. The quantitative estimate of drug-likeness (QED) is 0.587. The molecule has 0 radical (unpaired) electrons. The van der Waals surface area contributed by atoms with Crippen LogP contribution in [0.3, 0.4) is 0 Å². The fourth-order valence-corrected chi connectivity index (χ4v) is 2.96. The van der Waals surface area contributed by atoms with Gasteiger partial charge in [-0.15, -0.1) is 0 Å². The van der Waals surface area contributed by atoms with E-state index >= 15 is 0 Å². The number of nitrogens with one attached hydrogen (secondary N) is 2. The van der Waals surface area contributed by atoms with E-state index in [0.717, 1.165) is 5.56 Å². The van der Waals surface area contributed by atoms with Crippen molar-refractivity contribution in [3.05, 3.63) is 58.1 Å². The van der Waals surface area contributed by atoms with E-state index in [1.165, 1.54) is 13.2 Å². The molecule has 0 spiro atoms. The average Bonchev–Trinajstić information content (AvgIpc) is 2.69. The lowest BCUT2D eigenvalue weighted by Gasteiger charge is -2.15. The van der Waals surface area contributed by atoms with Crippen LogP contribution in [0, 0.1) is 6.92 Å². The van der Waals surface area contributed by atoms with Crippen LogP contribution in [0.2, 0.25) is 5.02 Å². The lowest BCUT2D eigenvalue weighted by atomic mass is 10.1. The highest BCUT2D eigenvalue weighted by Crippen LogP contribution is 2.37. The van der Waals surface area contributed by atoms with Crippen molar-refractivity contribution in [1.82, 2.24) is 5.32 Å². The van der Waals surface area contributed by atoms with Crippen LogP contribution in [0.5, 0.6) is 11.5 Å². The number of carbonyl (C=O) groups is 2. The topological polar surface area (TPSA) is 76.7 Å². The molecule has 2 rings (SSSR count). The molecule has 0 unspecified atom stereocenters. The molecule has 0 aliphatic rings. The fourth-order valence-electron chi connectivity index (χ4n) is 2.69.